The molecule has 2 aromatic heterocycles. The van der Waals surface area contributed by atoms with Crippen molar-refractivity contribution >= 4 is 55.9 Å². The molecule has 4 aromatic carbocycles. The summed E-state index contributed by atoms with van der Waals surface area (Å²) in [5, 5.41) is 9.31. The molecule has 4 heterocycles. The van der Waals surface area contributed by atoms with Crippen LogP contribution in [0.4, 0.5) is 4.53 Å². The lowest BCUT2D eigenvalue weighted by atomic mass is 9.96. The van der Waals surface area contributed by atoms with E-state index in [-0.39, 0.29) is 5.91 Å². The van der Waals surface area contributed by atoms with Crippen LogP contribution in [-0.2, 0) is 44.8 Å². The van der Waals surface area contributed by atoms with Gasteiger partial charge in [-0.25, -0.2) is 0 Å². The van der Waals surface area contributed by atoms with E-state index in [0.29, 0.717) is 64.3 Å². The number of fused-ring (bicyclic) bond motifs is 10. The normalized spacial score (nSPS) is 15.1. The quantitative estimate of drug-likeness (QED) is 0.0661. The molecule has 2 amide bonds. The van der Waals surface area contributed by atoms with Gasteiger partial charge in [-0.1, -0.05) is 80.6 Å². The molecule has 0 saturated carbocycles. The lowest BCUT2D eigenvalue weighted by Gasteiger charge is -2.17. The Balaban J connectivity index is 0.000000312. The summed E-state index contributed by atoms with van der Waals surface area (Å²) in [7, 11) is 5.87. The first-order chi connectivity index (χ1) is 29.4. The summed E-state index contributed by atoms with van der Waals surface area (Å²) < 4.78 is 42.2. The van der Waals surface area contributed by atoms with Crippen LogP contribution in [-0.4, -0.2) is 103 Å². The summed E-state index contributed by atoms with van der Waals surface area (Å²) in [4.78, 5) is 32.3. The number of rotatable bonds is 13. The molecule has 0 aliphatic carbocycles. The van der Waals surface area contributed by atoms with E-state index >= 15 is 0 Å². The largest absolute Gasteiger partial charge is 0.382 e. The molecule has 13 nitrogen and oxygen atoms in total. The maximum absolute atomic E-state index is 13.3. The second-order valence-corrected chi connectivity index (χ2v) is 13.2. The van der Waals surface area contributed by atoms with Crippen molar-refractivity contribution in [3.63, 3.8) is 0 Å². The average Bonchev–Trinajstić information content (AvgIpc) is 3.96. The van der Waals surface area contributed by atoms with Crippen LogP contribution in [0.2, 0.25) is 0 Å². The summed E-state index contributed by atoms with van der Waals surface area (Å²) in [5.74, 6) is -0.126. The predicted molar refractivity (Wildman–Crippen MR) is 236 cm³/mol. The monoisotopic (exact) mass is 834 g/mol. The van der Waals surface area contributed by atoms with Crippen molar-refractivity contribution in [1.82, 2.24) is 20.6 Å². The van der Waals surface area contributed by atoms with Crippen LogP contribution in [0, 0.1) is 0 Å². The first-order valence-corrected chi connectivity index (χ1v) is 20.4. The number of benzene rings is 4. The highest BCUT2D eigenvalue weighted by Crippen LogP contribution is 2.45. The maximum atomic E-state index is 13.3. The number of aromatic amines is 2. The van der Waals surface area contributed by atoms with Gasteiger partial charge in [0, 0.05) is 66.0 Å². The van der Waals surface area contributed by atoms with Gasteiger partial charge in [0.25, 0.3) is 5.91 Å². The Morgan fingerprint density at radius 2 is 1.30 bits per heavy atom. The molecule has 2 aliphatic heterocycles. The van der Waals surface area contributed by atoms with E-state index < -0.39 is 6.23 Å². The Labute approximate surface area is 352 Å². The van der Waals surface area contributed by atoms with Gasteiger partial charge < -0.3 is 49.0 Å². The molecule has 8 rings (SSSR count). The average molecular weight is 835 g/mol. The number of methoxy groups -OCH3 is 2. The van der Waals surface area contributed by atoms with Gasteiger partial charge in [0.15, 0.2) is 6.23 Å². The minimum Gasteiger partial charge on any atom is -0.382 e. The van der Waals surface area contributed by atoms with Crippen molar-refractivity contribution < 1.29 is 47.5 Å². The SMILES string of the molecule is CC.CC1CCCCO1.CNC=O.COCCOCCOCCOC1NC(=O)c2c1c1c3ccccc3[nH]c1c1[nH]c3ccccc3c21.COCc1ccccc1.COF. The second kappa shape index (κ2) is 28.5. The van der Waals surface area contributed by atoms with Crippen LogP contribution in [0.25, 0.3) is 43.6 Å². The van der Waals surface area contributed by atoms with Crippen LogP contribution >= 0.6 is 0 Å². The van der Waals surface area contributed by atoms with Gasteiger partial charge in [-0.05, 0) is 48.4 Å². The molecule has 6 aromatic rings. The van der Waals surface area contributed by atoms with Gasteiger partial charge in [0.2, 0.25) is 6.41 Å². The number of ether oxygens (including phenoxy) is 6. The van der Waals surface area contributed by atoms with E-state index in [0.717, 1.165) is 62.9 Å². The number of halogens is 1. The fourth-order valence-electron chi connectivity index (χ4n) is 6.68. The number of hydrogen-bond acceptors (Lipinski definition) is 9. The highest BCUT2D eigenvalue weighted by Gasteiger charge is 2.36. The summed E-state index contributed by atoms with van der Waals surface area (Å²) in [6, 6.07) is 26.3. The zero-order chi connectivity index (χ0) is 43.5. The third-order valence-corrected chi connectivity index (χ3v) is 9.20. The maximum Gasteiger partial charge on any atom is 0.254 e. The van der Waals surface area contributed by atoms with Crippen LogP contribution in [0.3, 0.4) is 0 Å². The Morgan fingerprint density at radius 3 is 1.82 bits per heavy atom. The van der Waals surface area contributed by atoms with E-state index in [1.54, 1.807) is 21.3 Å². The molecule has 0 spiro atoms. The van der Waals surface area contributed by atoms with Crippen molar-refractivity contribution in [2.24, 2.45) is 0 Å². The zero-order valence-electron chi connectivity index (χ0n) is 36.1. The van der Waals surface area contributed by atoms with Crippen LogP contribution in [0.5, 0.6) is 0 Å². The standard InChI is InChI=1S/C27H27N3O5.C8H10O.C6H12O.C2H5NO.C2H6.CH3FO/c1-32-10-11-33-12-13-34-14-15-35-27-23-21-17-7-3-5-9-19(17)29-25(21)24-20(22(23)26(31)30-27)16-6-2-4-8-18(16)28-24;1-9-7-8-5-3-2-4-6-8;1-6-4-2-3-5-7-6;1-3-2-4;1-2;1-3-2/h2-9,27-29H,10-15H2,1H3,(H,30,31);2-6H,7H2,1H3;6H,2-5H2,1H3;2H,1H3,(H,3,4);1-2H3;1H3. The summed E-state index contributed by atoms with van der Waals surface area (Å²) in [5.41, 5.74) is 6.70. The third-order valence-electron chi connectivity index (χ3n) is 9.20. The number of carbonyl (C=O) groups is 2. The number of para-hydroxylation sites is 2. The van der Waals surface area contributed by atoms with Crippen molar-refractivity contribution in [2.45, 2.75) is 59.0 Å². The number of amides is 2. The Morgan fingerprint density at radius 1 is 0.767 bits per heavy atom. The molecule has 2 unspecified atom stereocenters. The highest BCUT2D eigenvalue weighted by atomic mass is 19.3. The first kappa shape index (κ1) is 49.4. The predicted octanol–water partition coefficient (Wildman–Crippen LogP) is 8.71. The molecule has 1 fully saturated rings. The van der Waals surface area contributed by atoms with Crippen molar-refractivity contribution in [1.29, 1.82) is 0 Å². The summed E-state index contributed by atoms with van der Waals surface area (Å²) in [6.07, 6.45) is 4.50. The van der Waals surface area contributed by atoms with Gasteiger partial charge in [-0.2, -0.15) is 4.94 Å². The van der Waals surface area contributed by atoms with Crippen molar-refractivity contribution in [3.8, 4) is 0 Å². The molecular formula is C46H63FN4O9. The van der Waals surface area contributed by atoms with Gasteiger partial charge in [-0.3, -0.25) is 9.59 Å². The van der Waals surface area contributed by atoms with Crippen LogP contribution in [0.1, 0.15) is 67.7 Å². The van der Waals surface area contributed by atoms with Crippen LogP contribution < -0.4 is 10.6 Å². The van der Waals surface area contributed by atoms with Gasteiger partial charge >= 0.3 is 0 Å². The van der Waals surface area contributed by atoms with Crippen molar-refractivity contribution in [3.05, 3.63) is 95.6 Å². The molecule has 14 heteroatoms. The first-order valence-electron chi connectivity index (χ1n) is 20.4. The molecule has 60 heavy (non-hydrogen) atoms. The number of hydrogen-bond donors (Lipinski definition) is 4. The van der Waals surface area contributed by atoms with E-state index in [1.165, 1.54) is 24.8 Å². The minimum absolute atomic E-state index is 0.126. The molecule has 0 bridgehead atoms. The van der Waals surface area contributed by atoms with E-state index in [4.69, 9.17) is 33.2 Å². The smallest absolute Gasteiger partial charge is 0.254 e. The molecular weight excluding hydrogens is 772 g/mol. The summed E-state index contributed by atoms with van der Waals surface area (Å²) >= 11 is 0. The van der Waals surface area contributed by atoms with E-state index in [1.807, 2.05) is 80.6 Å². The van der Waals surface area contributed by atoms with Gasteiger partial charge in [0.1, 0.15) is 0 Å². The zero-order valence-corrected chi connectivity index (χ0v) is 36.1. The van der Waals surface area contributed by atoms with E-state index in [2.05, 4.69) is 44.6 Å². The molecule has 0 radical (unpaired) electrons. The second-order valence-electron chi connectivity index (χ2n) is 13.2. The number of H-pyrrole nitrogens is 2. The minimum atomic E-state index is -0.557. The Bertz CT molecular complexity index is 2100. The lowest BCUT2D eigenvalue weighted by molar-refractivity contribution is -0.109. The lowest BCUT2D eigenvalue weighted by Crippen LogP contribution is -2.23. The molecule has 1 saturated heterocycles. The number of carbonyl (C=O) groups excluding carboxylic acids is 2. The molecule has 4 N–H and O–H groups in total. The molecule has 2 aliphatic rings. The van der Waals surface area contributed by atoms with E-state index in [9.17, 15) is 9.32 Å². The third kappa shape index (κ3) is 14.4. The number of nitrogens with one attached hydrogen (secondary N) is 4. The van der Waals surface area contributed by atoms with Crippen molar-refractivity contribution in [2.75, 3.05) is 74.6 Å². The Hall–Kier alpha value is -4.93. The molecule has 328 valence electrons. The fraction of sp³-hybridized carbons (Fsp3) is 0.435. The van der Waals surface area contributed by atoms with Gasteiger partial charge in [-0.15, -0.1) is 0 Å². The Kier molecular flexibility index (Phi) is 23.5. The fourth-order valence-corrected chi connectivity index (χ4v) is 6.68. The van der Waals surface area contributed by atoms with Gasteiger partial charge in [0.05, 0.1) is 76.1 Å². The highest BCUT2D eigenvalue weighted by molar-refractivity contribution is 6.30. The van der Waals surface area contributed by atoms with Crippen LogP contribution in [0.15, 0.2) is 78.9 Å². The molecule has 2 atom stereocenters. The number of aromatic nitrogens is 2. The topological polar surface area (TPSA) is 154 Å². The summed E-state index contributed by atoms with van der Waals surface area (Å²) in [6.45, 7) is 10.7.